The van der Waals surface area contributed by atoms with Crippen LogP contribution in [0.15, 0.2) is 164 Å². The Morgan fingerprint density at radius 1 is 0.440 bits per heavy atom. The Bertz CT molecular complexity index is 3090. The lowest BCUT2D eigenvalue weighted by molar-refractivity contribution is 0.991. The maximum Gasteiger partial charge on any atom is 0.237 e. The molecule has 5 nitrogen and oxygen atoms in total. The third-order valence-corrected chi connectivity index (χ3v) is 11.2. The van der Waals surface area contributed by atoms with E-state index in [2.05, 4.69) is 172 Å². The molecule has 5 heterocycles. The van der Waals surface area contributed by atoms with Crippen LogP contribution < -0.4 is 0 Å². The van der Waals surface area contributed by atoms with Gasteiger partial charge in [0, 0.05) is 71.0 Å². The van der Waals surface area contributed by atoms with Crippen LogP contribution in [0, 0.1) is 0 Å². The van der Waals surface area contributed by atoms with Crippen molar-refractivity contribution in [2.45, 2.75) is 0 Å². The summed E-state index contributed by atoms with van der Waals surface area (Å²) >= 11 is 1.83. The summed E-state index contributed by atoms with van der Waals surface area (Å²) in [6.07, 6.45) is 4.29. The van der Waals surface area contributed by atoms with Gasteiger partial charge < -0.3 is 9.13 Å². The minimum absolute atomic E-state index is 0.646. The van der Waals surface area contributed by atoms with Crippen molar-refractivity contribution in [3.05, 3.63) is 164 Å². The molecule has 0 atom stereocenters. The van der Waals surface area contributed by atoms with Crippen molar-refractivity contribution in [1.82, 2.24) is 23.7 Å². The largest absolute Gasteiger partial charge is 0.316 e. The SMILES string of the molecule is c1ccc(-n2ccc3c2ccc2c4ccccc4n(-c4nc(-c5cccc6c5sc5ccccc56)c5ccn(-c6ccccc6)c5n4)c23)cc1. The van der Waals surface area contributed by atoms with E-state index in [0.29, 0.717) is 5.95 Å². The van der Waals surface area contributed by atoms with E-state index in [1.165, 1.54) is 30.9 Å². The highest BCUT2D eigenvalue weighted by Crippen LogP contribution is 2.43. The Morgan fingerprint density at radius 2 is 1.12 bits per heavy atom. The molecule has 0 fully saturated rings. The highest BCUT2D eigenvalue weighted by atomic mass is 32.1. The van der Waals surface area contributed by atoms with Crippen molar-refractivity contribution in [3.63, 3.8) is 0 Å². The summed E-state index contributed by atoms with van der Waals surface area (Å²) in [5, 5.41) is 7.04. The van der Waals surface area contributed by atoms with Crippen LogP contribution in [-0.2, 0) is 0 Å². The minimum Gasteiger partial charge on any atom is -0.316 e. The zero-order valence-corrected chi connectivity index (χ0v) is 27.5. The van der Waals surface area contributed by atoms with Crippen LogP contribution in [0.25, 0.3) is 92.5 Å². The Morgan fingerprint density at radius 3 is 1.96 bits per heavy atom. The first-order valence-electron chi connectivity index (χ1n) is 16.8. The fourth-order valence-electron chi connectivity index (χ4n) is 7.74. The maximum atomic E-state index is 5.55. The lowest BCUT2D eigenvalue weighted by Crippen LogP contribution is -2.05. The normalized spacial score (nSPS) is 12.0. The molecule has 0 spiro atoms. The highest BCUT2D eigenvalue weighted by Gasteiger charge is 2.23. The lowest BCUT2D eigenvalue weighted by Gasteiger charge is -2.13. The molecular weight excluding hydrogens is 631 g/mol. The fraction of sp³-hybridized carbons (Fsp3) is 0. The maximum absolute atomic E-state index is 5.55. The number of aromatic nitrogens is 5. The van der Waals surface area contributed by atoms with Gasteiger partial charge in [-0.2, -0.15) is 4.98 Å². The van der Waals surface area contributed by atoms with Crippen LogP contribution in [0.3, 0.4) is 0 Å². The molecule has 0 aliphatic carbocycles. The van der Waals surface area contributed by atoms with E-state index in [1.807, 2.05) is 17.4 Å². The smallest absolute Gasteiger partial charge is 0.237 e. The average molecular weight is 658 g/mol. The predicted molar refractivity (Wildman–Crippen MR) is 208 cm³/mol. The number of rotatable bonds is 4. The van der Waals surface area contributed by atoms with Crippen molar-refractivity contribution < 1.29 is 0 Å². The molecule has 6 heteroatoms. The predicted octanol–water partition coefficient (Wildman–Crippen LogP) is 11.5. The van der Waals surface area contributed by atoms with Gasteiger partial charge in [-0.3, -0.25) is 4.57 Å². The van der Waals surface area contributed by atoms with Crippen LogP contribution in [0.2, 0.25) is 0 Å². The Balaban J connectivity index is 1.27. The summed E-state index contributed by atoms with van der Waals surface area (Å²) in [7, 11) is 0. The van der Waals surface area contributed by atoms with Gasteiger partial charge in [-0.1, -0.05) is 97.1 Å². The van der Waals surface area contributed by atoms with Gasteiger partial charge >= 0.3 is 0 Å². The molecule has 11 aromatic rings. The molecule has 0 aliphatic rings. The summed E-state index contributed by atoms with van der Waals surface area (Å²) in [6.45, 7) is 0. The van der Waals surface area contributed by atoms with E-state index in [4.69, 9.17) is 9.97 Å². The number of benzene rings is 6. The Hall–Kier alpha value is -6.50. The van der Waals surface area contributed by atoms with E-state index in [1.54, 1.807) is 0 Å². The van der Waals surface area contributed by atoms with Gasteiger partial charge in [0.2, 0.25) is 5.95 Å². The van der Waals surface area contributed by atoms with Gasteiger partial charge in [0.05, 0.1) is 22.2 Å². The minimum atomic E-state index is 0.646. The van der Waals surface area contributed by atoms with Crippen LogP contribution in [0.5, 0.6) is 0 Å². The molecule has 0 amide bonds. The zero-order chi connectivity index (χ0) is 32.8. The monoisotopic (exact) mass is 657 g/mol. The van der Waals surface area contributed by atoms with E-state index >= 15 is 0 Å². The standard InChI is InChI=1S/C44H27N5S/c1-3-12-28(13-4-1)47-26-24-34-37(47)23-22-32-30-16-7-9-20-38(30)49(41(32)34)44-45-40(36-25-27-48(43(36)46-44)29-14-5-2-6-15-29)35-19-11-18-33-31-17-8-10-21-39(31)50-42(33)35/h1-27H. The van der Waals surface area contributed by atoms with Gasteiger partial charge in [0.25, 0.3) is 0 Å². The second-order valence-electron chi connectivity index (χ2n) is 12.7. The number of hydrogen-bond donors (Lipinski definition) is 0. The van der Waals surface area contributed by atoms with E-state index in [0.717, 1.165) is 55.6 Å². The van der Waals surface area contributed by atoms with Crippen molar-refractivity contribution >= 4 is 75.3 Å². The molecule has 0 radical (unpaired) electrons. The third-order valence-electron chi connectivity index (χ3n) is 9.96. The highest BCUT2D eigenvalue weighted by molar-refractivity contribution is 7.26. The Labute approximate surface area is 290 Å². The molecular formula is C44H27N5S. The summed E-state index contributed by atoms with van der Waals surface area (Å²) < 4.78 is 9.23. The van der Waals surface area contributed by atoms with E-state index in [9.17, 15) is 0 Å². The first-order chi connectivity index (χ1) is 24.8. The van der Waals surface area contributed by atoms with E-state index in [-0.39, 0.29) is 0 Å². The lowest BCUT2D eigenvalue weighted by atomic mass is 10.1. The topological polar surface area (TPSA) is 40.6 Å². The zero-order valence-electron chi connectivity index (χ0n) is 26.7. The van der Waals surface area contributed by atoms with Crippen LogP contribution >= 0.6 is 11.3 Å². The molecule has 0 saturated carbocycles. The molecule has 0 saturated heterocycles. The fourth-order valence-corrected chi connectivity index (χ4v) is 8.95. The van der Waals surface area contributed by atoms with Crippen molar-refractivity contribution in [1.29, 1.82) is 0 Å². The third kappa shape index (κ3) is 3.88. The molecule has 0 unspecified atom stereocenters. The van der Waals surface area contributed by atoms with Gasteiger partial charge in [-0.25, -0.2) is 4.98 Å². The van der Waals surface area contributed by atoms with Crippen LogP contribution in [-0.4, -0.2) is 23.7 Å². The number of nitrogens with zero attached hydrogens (tertiary/aromatic N) is 5. The number of fused-ring (bicyclic) bond motifs is 9. The molecule has 234 valence electrons. The second kappa shape index (κ2) is 10.5. The van der Waals surface area contributed by atoms with Gasteiger partial charge in [-0.05, 0) is 54.6 Å². The quantitative estimate of drug-likeness (QED) is 0.189. The number of hydrogen-bond acceptors (Lipinski definition) is 3. The van der Waals surface area contributed by atoms with Crippen molar-refractivity contribution in [2.24, 2.45) is 0 Å². The summed E-state index contributed by atoms with van der Waals surface area (Å²) in [6, 6.07) is 53.7. The Kier molecular flexibility index (Phi) is 5.76. The molecule has 0 N–H and O–H groups in total. The van der Waals surface area contributed by atoms with Gasteiger partial charge in [0.15, 0.2) is 5.65 Å². The van der Waals surface area contributed by atoms with Crippen molar-refractivity contribution in [2.75, 3.05) is 0 Å². The summed E-state index contributed by atoms with van der Waals surface area (Å²) in [4.78, 5) is 11.0. The first-order valence-corrected chi connectivity index (χ1v) is 17.6. The summed E-state index contributed by atoms with van der Waals surface area (Å²) in [5.74, 6) is 0.646. The molecule has 11 rings (SSSR count). The molecule has 50 heavy (non-hydrogen) atoms. The second-order valence-corrected chi connectivity index (χ2v) is 13.7. The number of thiophene rings is 1. The van der Waals surface area contributed by atoms with E-state index < -0.39 is 0 Å². The summed E-state index contributed by atoms with van der Waals surface area (Å²) in [5.41, 5.74) is 8.41. The molecule has 6 aromatic carbocycles. The first kappa shape index (κ1) is 27.5. The number of para-hydroxylation sites is 3. The van der Waals surface area contributed by atoms with Crippen LogP contribution in [0.1, 0.15) is 0 Å². The van der Waals surface area contributed by atoms with Crippen LogP contribution in [0.4, 0.5) is 0 Å². The van der Waals surface area contributed by atoms with Gasteiger partial charge in [-0.15, -0.1) is 11.3 Å². The molecule has 0 bridgehead atoms. The molecule has 5 aromatic heterocycles. The van der Waals surface area contributed by atoms with Gasteiger partial charge in [0.1, 0.15) is 0 Å². The average Bonchev–Trinajstić information content (AvgIpc) is 3.96. The molecule has 0 aliphatic heterocycles. The van der Waals surface area contributed by atoms with Crippen molar-refractivity contribution in [3.8, 4) is 28.6 Å².